The van der Waals surface area contributed by atoms with Crippen LogP contribution in [-0.4, -0.2) is 43.0 Å². The van der Waals surface area contributed by atoms with Crippen LogP contribution in [0.25, 0.3) is 0 Å². The summed E-state index contributed by atoms with van der Waals surface area (Å²) in [4.78, 5) is 32.1. The number of carbonyl (C=O) groups excluding carboxylic acids is 2. The fourth-order valence-corrected chi connectivity index (χ4v) is 3.65. The van der Waals surface area contributed by atoms with Crippen LogP contribution < -0.4 is 10.6 Å². The van der Waals surface area contributed by atoms with Gasteiger partial charge in [-0.1, -0.05) is 0 Å². The molecule has 0 unspecified atom stereocenters. The van der Waals surface area contributed by atoms with Crippen molar-refractivity contribution in [1.29, 1.82) is 5.41 Å². The number of nitrogens with one attached hydrogen (secondary N) is 3. The molecule has 0 spiro atoms. The van der Waals surface area contributed by atoms with Gasteiger partial charge in [0.05, 0.1) is 23.5 Å². The van der Waals surface area contributed by atoms with Crippen molar-refractivity contribution in [3.8, 4) is 0 Å². The summed E-state index contributed by atoms with van der Waals surface area (Å²) in [6.45, 7) is 0. The SMILES string of the molecule is CS(=O)(=O)c1cc([C@H](CC=O)NC(=O)c2cncc(Nc3ccc(F)cc3)c2C=N)ccn1. The van der Waals surface area contributed by atoms with Gasteiger partial charge >= 0.3 is 0 Å². The Morgan fingerprint density at radius 2 is 1.94 bits per heavy atom. The number of aromatic nitrogens is 2. The number of hydrogen-bond acceptors (Lipinski definition) is 8. The summed E-state index contributed by atoms with van der Waals surface area (Å²) in [7, 11) is -3.59. The largest absolute Gasteiger partial charge is 0.354 e. The van der Waals surface area contributed by atoms with Crippen LogP contribution in [0.15, 0.2) is 60.0 Å². The van der Waals surface area contributed by atoms with Crippen LogP contribution in [0.5, 0.6) is 0 Å². The Labute approximate surface area is 189 Å². The summed E-state index contributed by atoms with van der Waals surface area (Å²) in [6, 6.07) is 7.50. The molecule has 2 aromatic heterocycles. The second-order valence-corrected chi connectivity index (χ2v) is 9.02. The number of hydrogen-bond donors (Lipinski definition) is 3. The predicted octanol–water partition coefficient (Wildman–Crippen LogP) is 2.82. The molecule has 0 fully saturated rings. The first-order chi connectivity index (χ1) is 15.7. The lowest BCUT2D eigenvalue weighted by molar-refractivity contribution is -0.108. The third-order valence-electron chi connectivity index (χ3n) is 4.68. The van der Waals surface area contributed by atoms with Gasteiger partial charge in [-0.3, -0.25) is 9.78 Å². The molecular formula is C22H20FN5O4S. The molecule has 3 rings (SSSR count). The number of anilines is 2. The number of aldehydes is 1. The molecule has 2 heterocycles. The topological polar surface area (TPSA) is 142 Å². The van der Waals surface area contributed by atoms with E-state index in [2.05, 4.69) is 20.6 Å². The second kappa shape index (κ2) is 10.1. The molecule has 1 aromatic carbocycles. The molecule has 1 amide bonds. The van der Waals surface area contributed by atoms with Gasteiger partial charge in [0.15, 0.2) is 14.9 Å². The van der Waals surface area contributed by atoms with E-state index in [9.17, 15) is 22.4 Å². The minimum atomic E-state index is -3.59. The lowest BCUT2D eigenvalue weighted by atomic mass is 10.0. The lowest BCUT2D eigenvalue weighted by Crippen LogP contribution is -2.30. The quantitative estimate of drug-likeness (QED) is 0.323. The van der Waals surface area contributed by atoms with Gasteiger partial charge in [0.25, 0.3) is 5.91 Å². The van der Waals surface area contributed by atoms with E-state index in [-0.39, 0.29) is 22.6 Å². The van der Waals surface area contributed by atoms with Crippen LogP contribution in [0, 0.1) is 11.2 Å². The summed E-state index contributed by atoms with van der Waals surface area (Å²) in [5.74, 6) is -1.02. The van der Waals surface area contributed by atoms with Gasteiger partial charge in [-0.05, 0) is 42.0 Å². The van der Waals surface area contributed by atoms with Gasteiger partial charge in [-0.15, -0.1) is 0 Å². The number of benzene rings is 1. The number of amides is 1. The number of sulfone groups is 1. The fourth-order valence-electron chi connectivity index (χ4n) is 3.05. The molecule has 0 radical (unpaired) electrons. The maximum absolute atomic E-state index is 13.2. The van der Waals surface area contributed by atoms with Crippen LogP contribution in [0.1, 0.15) is 33.9 Å². The smallest absolute Gasteiger partial charge is 0.254 e. The highest BCUT2D eigenvalue weighted by molar-refractivity contribution is 7.90. The first-order valence-corrected chi connectivity index (χ1v) is 11.5. The van der Waals surface area contributed by atoms with Crippen molar-refractivity contribution in [3.63, 3.8) is 0 Å². The van der Waals surface area contributed by atoms with E-state index in [0.29, 0.717) is 23.2 Å². The number of nitrogens with zero attached hydrogens (tertiary/aromatic N) is 2. The molecule has 11 heteroatoms. The Balaban J connectivity index is 1.91. The Morgan fingerprint density at radius 3 is 2.58 bits per heavy atom. The lowest BCUT2D eigenvalue weighted by Gasteiger charge is -2.19. The van der Waals surface area contributed by atoms with Crippen molar-refractivity contribution in [2.24, 2.45) is 0 Å². The van der Waals surface area contributed by atoms with Crippen molar-refractivity contribution in [1.82, 2.24) is 15.3 Å². The fraction of sp³-hybridized carbons (Fsp3) is 0.136. The van der Waals surface area contributed by atoms with Crippen LogP contribution >= 0.6 is 0 Å². The maximum atomic E-state index is 13.2. The van der Waals surface area contributed by atoms with E-state index in [4.69, 9.17) is 5.41 Å². The van der Waals surface area contributed by atoms with Crippen molar-refractivity contribution < 1.29 is 22.4 Å². The van der Waals surface area contributed by atoms with Crippen LogP contribution in [-0.2, 0) is 14.6 Å². The molecule has 0 bridgehead atoms. The van der Waals surface area contributed by atoms with Crippen molar-refractivity contribution in [2.45, 2.75) is 17.5 Å². The van der Waals surface area contributed by atoms with E-state index >= 15 is 0 Å². The van der Waals surface area contributed by atoms with Crippen molar-refractivity contribution in [2.75, 3.05) is 11.6 Å². The monoisotopic (exact) mass is 469 g/mol. The van der Waals surface area contributed by atoms with E-state index in [0.717, 1.165) is 12.5 Å². The van der Waals surface area contributed by atoms with Crippen molar-refractivity contribution in [3.05, 3.63) is 77.5 Å². The van der Waals surface area contributed by atoms with Gasteiger partial charge in [0.1, 0.15) is 12.1 Å². The van der Waals surface area contributed by atoms with Crippen molar-refractivity contribution >= 4 is 39.6 Å². The zero-order valence-electron chi connectivity index (χ0n) is 17.4. The Morgan fingerprint density at radius 1 is 1.21 bits per heavy atom. The molecule has 0 saturated heterocycles. The molecule has 9 nitrogen and oxygen atoms in total. The normalized spacial score (nSPS) is 11.9. The highest BCUT2D eigenvalue weighted by Gasteiger charge is 2.21. The highest BCUT2D eigenvalue weighted by Crippen LogP contribution is 2.24. The number of rotatable bonds is 9. The predicted molar refractivity (Wildman–Crippen MR) is 120 cm³/mol. The van der Waals surface area contributed by atoms with Crippen LogP contribution in [0.3, 0.4) is 0 Å². The standard InChI is InChI=1S/C22H20FN5O4S/c1-33(31,32)21-10-14(6-8-26-21)19(7-9-29)28-22(30)18-12-25-13-20(17(18)11-24)27-16-4-2-15(23)3-5-16/h2-6,8-13,19,24,27H,7H2,1H3,(H,28,30)/t19-/m0/s1. The summed E-state index contributed by atoms with van der Waals surface area (Å²) in [5.41, 5.74) is 1.55. The molecular weight excluding hydrogens is 449 g/mol. The Hall–Kier alpha value is -3.99. The molecule has 0 saturated carbocycles. The summed E-state index contributed by atoms with van der Waals surface area (Å²) < 4.78 is 36.8. The van der Waals surface area contributed by atoms with Gasteiger partial charge in [-0.25, -0.2) is 17.8 Å². The minimum absolute atomic E-state index is 0.0606. The average molecular weight is 469 g/mol. The van der Waals surface area contributed by atoms with E-state index in [1.54, 1.807) is 0 Å². The summed E-state index contributed by atoms with van der Waals surface area (Å²) in [6.07, 6.45) is 6.46. The second-order valence-electron chi connectivity index (χ2n) is 7.05. The van der Waals surface area contributed by atoms with Gasteiger partial charge < -0.3 is 20.8 Å². The summed E-state index contributed by atoms with van der Waals surface area (Å²) >= 11 is 0. The first kappa shape index (κ1) is 23.7. The van der Waals surface area contributed by atoms with Crippen LogP contribution in [0.4, 0.5) is 15.8 Å². The van der Waals surface area contributed by atoms with Gasteiger partial charge in [-0.2, -0.15) is 0 Å². The number of pyridine rings is 2. The van der Waals surface area contributed by atoms with Gasteiger partial charge in [0.2, 0.25) is 0 Å². The van der Waals surface area contributed by atoms with E-state index in [1.807, 2.05) is 0 Å². The Kier molecular flexibility index (Phi) is 7.23. The number of carbonyl (C=O) groups is 2. The number of halogens is 1. The minimum Gasteiger partial charge on any atom is -0.354 e. The molecule has 0 aliphatic rings. The van der Waals surface area contributed by atoms with E-state index in [1.165, 1.54) is 55.0 Å². The zero-order valence-corrected chi connectivity index (χ0v) is 18.3. The molecule has 1 atom stereocenters. The zero-order chi connectivity index (χ0) is 24.0. The molecule has 33 heavy (non-hydrogen) atoms. The van der Waals surface area contributed by atoms with Crippen LogP contribution in [0.2, 0.25) is 0 Å². The third-order valence-corrected chi connectivity index (χ3v) is 5.66. The average Bonchev–Trinajstić information content (AvgIpc) is 2.79. The first-order valence-electron chi connectivity index (χ1n) is 9.64. The maximum Gasteiger partial charge on any atom is 0.254 e. The molecule has 3 aromatic rings. The van der Waals surface area contributed by atoms with E-state index < -0.39 is 27.6 Å². The molecule has 3 N–H and O–H groups in total. The Bertz CT molecular complexity index is 1300. The summed E-state index contributed by atoms with van der Waals surface area (Å²) in [5, 5.41) is 13.3. The van der Waals surface area contributed by atoms with Gasteiger partial charge in [0, 0.05) is 42.5 Å². The molecule has 0 aliphatic carbocycles. The highest BCUT2D eigenvalue weighted by atomic mass is 32.2. The molecule has 170 valence electrons. The third kappa shape index (κ3) is 5.83. The molecule has 0 aliphatic heterocycles.